The molecule has 2 rings (SSSR count). The summed E-state index contributed by atoms with van der Waals surface area (Å²) in [5, 5.41) is 3.51. The van der Waals surface area contributed by atoms with Crippen molar-refractivity contribution in [3.05, 3.63) is 24.0 Å². The van der Waals surface area contributed by atoms with Crippen LogP contribution in [0.25, 0.3) is 0 Å². The van der Waals surface area contributed by atoms with Crippen LogP contribution in [-0.4, -0.2) is 43.2 Å². The molecule has 0 unspecified atom stereocenters. The van der Waals surface area contributed by atoms with Gasteiger partial charge in [0.25, 0.3) is 0 Å². The minimum Gasteiger partial charge on any atom is -0.492 e. The zero-order valence-corrected chi connectivity index (χ0v) is 11.4. The van der Waals surface area contributed by atoms with Crippen molar-refractivity contribution in [3.8, 4) is 5.75 Å². The minimum atomic E-state index is 0.722. The third-order valence-corrected chi connectivity index (χ3v) is 3.04. The predicted molar refractivity (Wildman–Crippen MR) is 72.8 cm³/mol. The largest absolute Gasteiger partial charge is 0.492 e. The van der Waals surface area contributed by atoms with Gasteiger partial charge in [0.1, 0.15) is 5.75 Å². The predicted octanol–water partition coefficient (Wildman–Crippen LogP) is 1.66. The van der Waals surface area contributed by atoms with Crippen molar-refractivity contribution in [1.29, 1.82) is 0 Å². The van der Waals surface area contributed by atoms with E-state index in [1.807, 2.05) is 18.5 Å². The average molecular weight is 249 g/mol. The third kappa shape index (κ3) is 4.63. The Labute approximate surface area is 109 Å². The van der Waals surface area contributed by atoms with Gasteiger partial charge in [0, 0.05) is 30.9 Å². The van der Waals surface area contributed by atoms with E-state index in [1.165, 1.54) is 18.4 Å². The summed E-state index contributed by atoms with van der Waals surface area (Å²) < 4.78 is 5.81. The summed E-state index contributed by atoms with van der Waals surface area (Å²) in [5.74, 6) is 0.921. The van der Waals surface area contributed by atoms with Crippen molar-refractivity contribution in [3.63, 3.8) is 0 Å². The van der Waals surface area contributed by atoms with E-state index >= 15 is 0 Å². The standard InChI is InChI=1S/C14H23N3O/c1-17(2)8-3-9-18-14-11-15-7-6-12(14)10-16-13-4-5-13/h6-7,11,13,16H,3-5,8-10H2,1-2H3. The van der Waals surface area contributed by atoms with Gasteiger partial charge in [0.2, 0.25) is 0 Å². The summed E-state index contributed by atoms with van der Waals surface area (Å²) in [5.41, 5.74) is 1.21. The number of hydrogen-bond acceptors (Lipinski definition) is 4. The second-order valence-electron chi connectivity index (χ2n) is 5.14. The molecule has 100 valence electrons. The lowest BCUT2D eigenvalue weighted by molar-refractivity contribution is 0.278. The Balaban J connectivity index is 1.78. The molecule has 0 bridgehead atoms. The average Bonchev–Trinajstić information content (AvgIpc) is 3.17. The Kier molecular flexibility index (Phi) is 4.96. The Hall–Kier alpha value is -1.13. The molecule has 4 heteroatoms. The van der Waals surface area contributed by atoms with Crippen LogP contribution in [-0.2, 0) is 6.54 Å². The van der Waals surface area contributed by atoms with Gasteiger partial charge in [-0.25, -0.2) is 0 Å². The fraction of sp³-hybridized carbons (Fsp3) is 0.643. The summed E-state index contributed by atoms with van der Waals surface area (Å²) in [6, 6.07) is 2.76. The highest BCUT2D eigenvalue weighted by atomic mass is 16.5. The molecule has 0 atom stereocenters. The smallest absolute Gasteiger partial charge is 0.142 e. The Morgan fingerprint density at radius 1 is 1.44 bits per heavy atom. The second-order valence-corrected chi connectivity index (χ2v) is 5.14. The van der Waals surface area contributed by atoms with Gasteiger partial charge < -0.3 is 15.0 Å². The highest BCUT2D eigenvalue weighted by molar-refractivity contribution is 5.29. The molecular weight excluding hydrogens is 226 g/mol. The SMILES string of the molecule is CN(C)CCCOc1cnccc1CNC1CC1. The third-order valence-electron chi connectivity index (χ3n) is 3.04. The lowest BCUT2D eigenvalue weighted by Crippen LogP contribution is -2.17. The van der Waals surface area contributed by atoms with Gasteiger partial charge in [-0.15, -0.1) is 0 Å². The van der Waals surface area contributed by atoms with E-state index in [4.69, 9.17) is 4.74 Å². The number of ether oxygens (including phenoxy) is 1. The summed E-state index contributed by atoms with van der Waals surface area (Å²) in [7, 11) is 4.16. The first-order chi connectivity index (χ1) is 8.75. The van der Waals surface area contributed by atoms with Crippen LogP contribution in [0.2, 0.25) is 0 Å². The molecule has 18 heavy (non-hydrogen) atoms. The second kappa shape index (κ2) is 6.71. The molecule has 0 radical (unpaired) electrons. The summed E-state index contributed by atoms with van der Waals surface area (Å²) in [6.45, 7) is 2.69. The zero-order valence-electron chi connectivity index (χ0n) is 11.4. The molecule has 1 aromatic heterocycles. The van der Waals surface area contributed by atoms with Crippen LogP contribution in [0.15, 0.2) is 18.5 Å². The van der Waals surface area contributed by atoms with E-state index in [2.05, 4.69) is 29.3 Å². The lowest BCUT2D eigenvalue weighted by Gasteiger charge is -2.13. The minimum absolute atomic E-state index is 0.722. The first-order valence-electron chi connectivity index (χ1n) is 6.69. The number of aromatic nitrogens is 1. The lowest BCUT2D eigenvalue weighted by atomic mass is 10.2. The number of nitrogens with one attached hydrogen (secondary N) is 1. The van der Waals surface area contributed by atoms with Crippen LogP contribution in [0.4, 0.5) is 0 Å². The number of nitrogens with zero attached hydrogens (tertiary/aromatic N) is 2. The van der Waals surface area contributed by atoms with Gasteiger partial charge in [-0.05, 0) is 39.4 Å². The van der Waals surface area contributed by atoms with Crippen LogP contribution in [0.1, 0.15) is 24.8 Å². The van der Waals surface area contributed by atoms with Crippen LogP contribution in [0, 0.1) is 0 Å². The summed E-state index contributed by atoms with van der Waals surface area (Å²) in [6.07, 6.45) is 7.31. The van der Waals surface area contributed by atoms with Crippen LogP contribution >= 0.6 is 0 Å². The quantitative estimate of drug-likeness (QED) is 0.711. The summed E-state index contributed by atoms with van der Waals surface area (Å²) >= 11 is 0. The Morgan fingerprint density at radius 2 is 2.28 bits per heavy atom. The Morgan fingerprint density at radius 3 is 3.00 bits per heavy atom. The first-order valence-corrected chi connectivity index (χ1v) is 6.69. The number of rotatable bonds is 8. The number of hydrogen-bond donors (Lipinski definition) is 1. The monoisotopic (exact) mass is 249 g/mol. The molecule has 1 aromatic rings. The van der Waals surface area contributed by atoms with Gasteiger partial charge >= 0.3 is 0 Å². The van der Waals surface area contributed by atoms with Crippen LogP contribution < -0.4 is 10.1 Å². The summed E-state index contributed by atoms with van der Waals surface area (Å²) in [4.78, 5) is 6.31. The molecule has 1 heterocycles. The van der Waals surface area contributed by atoms with Gasteiger partial charge in [-0.3, -0.25) is 4.98 Å². The molecule has 1 aliphatic carbocycles. The van der Waals surface area contributed by atoms with Crippen LogP contribution in [0.3, 0.4) is 0 Å². The van der Waals surface area contributed by atoms with Crippen LogP contribution in [0.5, 0.6) is 5.75 Å². The van der Waals surface area contributed by atoms with Crippen molar-refractivity contribution < 1.29 is 4.74 Å². The molecule has 0 aliphatic heterocycles. The van der Waals surface area contributed by atoms with E-state index in [0.29, 0.717) is 0 Å². The fourth-order valence-corrected chi connectivity index (χ4v) is 1.79. The van der Waals surface area contributed by atoms with E-state index < -0.39 is 0 Å². The van der Waals surface area contributed by atoms with Crippen molar-refractivity contribution in [1.82, 2.24) is 15.2 Å². The normalized spacial score (nSPS) is 15.1. The molecule has 0 amide bonds. The van der Waals surface area contributed by atoms with Crippen molar-refractivity contribution in [2.45, 2.75) is 31.8 Å². The molecule has 1 aliphatic rings. The maximum atomic E-state index is 5.81. The fourth-order valence-electron chi connectivity index (χ4n) is 1.79. The zero-order chi connectivity index (χ0) is 12.8. The molecule has 0 spiro atoms. The maximum absolute atomic E-state index is 5.81. The van der Waals surface area contributed by atoms with E-state index in [9.17, 15) is 0 Å². The molecule has 1 fully saturated rings. The van der Waals surface area contributed by atoms with Crippen molar-refractivity contribution >= 4 is 0 Å². The van der Waals surface area contributed by atoms with E-state index in [0.717, 1.165) is 37.9 Å². The van der Waals surface area contributed by atoms with Crippen molar-refractivity contribution in [2.75, 3.05) is 27.2 Å². The highest BCUT2D eigenvalue weighted by Gasteiger charge is 2.20. The molecule has 1 saturated carbocycles. The van der Waals surface area contributed by atoms with Gasteiger partial charge in [-0.1, -0.05) is 0 Å². The number of pyridine rings is 1. The molecule has 4 nitrogen and oxygen atoms in total. The Bertz CT molecular complexity index is 364. The molecule has 0 aromatic carbocycles. The topological polar surface area (TPSA) is 37.4 Å². The van der Waals surface area contributed by atoms with Crippen molar-refractivity contribution in [2.24, 2.45) is 0 Å². The first kappa shape index (κ1) is 13.3. The van der Waals surface area contributed by atoms with Gasteiger partial charge in [0.05, 0.1) is 12.8 Å². The van der Waals surface area contributed by atoms with Gasteiger partial charge in [-0.2, -0.15) is 0 Å². The molecular formula is C14H23N3O. The van der Waals surface area contributed by atoms with E-state index in [-0.39, 0.29) is 0 Å². The maximum Gasteiger partial charge on any atom is 0.142 e. The highest BCUT2D eigenvalue weighted by Crippen LogP contribution is 2.22. The molecule has 1 N–H and O–H groups in total. The van der Waals surface area contributed by atoms with E-state index in [1.54, 1.807) is 0 Å². The van der Waals surface area contributed by atoms with Gasteiger partial charge in [0.15, 0.2) is 0 Å². The molecule has 0 saturated heterocycles.